The third-order valence-electron chi connectivity index (χ3n) is 6.69. The molecule has 13 nitrogen and oxygen atoms in total. The molecule has 5 N–H and O–H groups in total. The Hall–Kier alpha value is -2.08. The molecule has 0 saturated carbocycles. The van der Waals surface area contributed by atoms with Gasteiger partial charge >= 0.3 is 21.3 Å². The number of halogens is 1. The fraction of sp³-hybridized carbons (Fsp3) is 0.593. The van der Waals surface area contributed by atoms with E-state index in [1.54, 1.807) is 23.5 Å². The van der Waals surface area contributed by atoms with Gasteiger partial charge in [0.05, 0.1) is 12.3 Å². The van der Waals surface area contributed by atoms with Crippen molar-refractivity contribution in [2.45, 2.75) is 70.7 Å². The van der Waals surface area contributed by atoms with Crippen molar-refractivity contribution in [1.29, 1.82) is 0 Å². The van der Waals surface area contributed by atoms with Gasteiger partial charge in [-0.05, 0) is 70.2 Å². The molecule has 0 aliphatic heterocycles. The summed E-state index contributed by atoms with van der Waals surface area (Å²) in [4.78, 5) is 69.2. The van der Waals surface area contributed by atoms with E-state index in [1.165, 1.54) is 4.90 Å². The van der Waals surface area contributed by atoms with Crippen molar-refractivity contribution >= 4 is 56.9 Å². The van der Waals surface area contributed by atoms with Crippen LogP contribution in [0.15, 0.2) is 29.8 Å². The van der Waals surface area contributed by atoms with Crippen LogP contribution in [-0.2, 0) is 18.7 Å². The Morgan fingerprint density at radius 1 is 0.977 bits per heavy atom. The number of nitrogens with one attached hydrogen (secondary N) is 1. The van der Waals surface area contributed by atoms with E-state index in [2.05, 4.69) is 37.0 Å². The van der Waals surface area contributed by atoms with Crippen molar-refractivity contribution in [2.75, 3.05) is 32.8 Å². The molecule has 244 valence electrons. The molecule has 0 aliphatic carbocycles. The molecule has 0 fully saturated rings. The number of ether oxygens (including phenoxy) is 1. The van der Waals surface area contributed by atoms with Gasteiger partial charge in [-0.2, -0.15) is 0 Å². The van der Waals surface area contributed by atoms with E-state index >= 15 is 0 Å². The lowest BCUT2D eigenvalue weighted by atomic mass is 10.1. The van der Waals surface area contributed by atoms with E-state index in [0.717, 1.165) is 32.5 Å². The number of nitrogens with zero attached hydrogens (tertiary/aromatic N) is 3. The lowest BCUT2D eigenvalue weighted by molar-refractivity contribution is -0.121. The summed E-state index contributed by atoms with van der Waals surface area (Å²) in [5.41, 5.74) is -0.993. The average Bonchev–Trinajstić information content (AvgIpc) is 2.93. The predicted octanol–water partition coefficient (Wildman–Crippen LogP) is 5.30. The molecule has 2 amide bonds. The first-order chi connectivity index (χ1) is 20.1. The van der Waals surface area contributed by atoms with Gasteiger partial charge < -0.3 is 34.5 Å². The number of unbranched alkanes of at least 4 members (excludes halogenated alkanes) is 5. The van der Waals surface area contributed by atoms with E-state index in [9.17, 15) is 18.7 Å². The van der Waals surface area contributed by atoms with Gasteiger partial charge in [0.15, 0.2) is 0 Å². The Balaban J connectivity index is 2.58. The maximum absolute atomic E-state index is 13.1. The fourth-order valence-electron chi connectivity index (χ4n) is 4.24. The summed E-state index contributed by atoms with van der Waals surface area (Å²) >= 11 is 6.10. The summed E-state index contributed by atoms with van der Waals surface area (Å²) in [6.07, 6.45) is 3.83. The minimum absolute atomic E-state index is 0.150. The van der Waals surface area contributed by atoms with E-state index in [4.69, 9.17) is 35.9 Å². The summed E-state index contributed by atoms with van der Waals surface area (Å²) in [5, 5.41) is 2.22. The number of hydrogen-bond donors (Lipinski definition) is 5. The first kappa shape index (κ1) is 38.9. The van der Waals surface area contributed by atoms with Crippen molar-refractivity contribution in [2.24, 2.45) is 4.99 Å². The lowest BCUT2D eigenvalue weighted by Crippen LogP contribution is -2.34. The van der Waals surface area contributed by atoms with Gasteiger partial charge in [-0.15, -0.1) is 0 Å². The smallest absolute Gasteiger partial charge is 0.414 e. The third-order valence-corrected chi connectivity index (χ3v) is 10.3. The average molecular weight is 667 g/mol. The van der Waals surface area contributed by atoms with Gasteiger partial charge in [0.1, 0.15) is 0 Å². The minimum atomic E-state index is -5.23. The molecule has 0 atom stereocenters. The van der Waals surface area contributed by atoms with Crippen LogP contribution in [0.25, 0.3) is 5.70 Å². The molecule has 1 rings (SSSR count). The van der Waals surface area contributed by atoms with E-state index in [0.29, 0.717) is 60.6 Å². The standard InChI is InChI=1S/C27H45ClN4O9P2/c1-5-31(6-2)17-11-12-18-32(21(3)23-16-15-22(28)20-24(23)29-4)27(34)41-19-13-9-7-8-10-14-25(33)30-26(42(35,36)37)43(38,39)40/h15-16,20,26H,3-14,17-19H2,1-2H3,(H,30,33)(H2,35,36,37)(H2,38,39,40). The van der Waals surface area contributed by atoms with Crippen LogP contribution in [0.4, 0.5) is 10.5 Å². The molecular formula is C27H45ClN4O9P2. The molecule has 0 bridgehead atoms. The summed E-state index contributed by atoms with van der Waals surface area (Å²) in [7, 11) is -10.5. The monoisotopic (exact) mass is 666 g/mol. The third kappa shape index (κ3) is 14.5. The molecule has 0 unspecified atom stereocenters. The highest BCUT2D eigenvalue weighted by Crippen LogP contribution is 2.58. The molecule has 0 saturated heterocycles. The maximum atomic E-state index is 13.1. The van der Waals surface area contributed by atoms with Crippen LogP contribution in [0, 0.1) is 0 Å². The molecule has 16 heteroatoms. The number of carbonyl (C=O) groups is 2. The first-order valence-electron chi connectivity index (χ1n) is 14.2. The normalized spacial score (nSPS) is 11.9. The largest absolute Gasteiger partial charge is 0.449 e. The minimum Gasteiger partial charge on any atom is -0.449 e. The van der Waals surface area contributed by atoms with Crippen molar-refractivity contribution in [3.63, 3.8) is 0 Å². The van der Waals surface area contributed by atoms with Gasteiger partial charge in [-0.1, -0.05) is 51.3 Å². The van der Waals surface area contributed by atoms with E-state index < -0.39 is 32.7 Å². The Bertz CT molecular complexity index is 1150. The van der Waals surface area contributed by atoms with Gasteiger partial charge in [0.25, 0.3) is 0 Å². The molecule has 0 heterocycles. The molecule has 0 aliphatic rings. The zero-order valence-electron chi connectivity index (χ0n) is 24.9. The fourth-order valence-corrected chi connectivity index (χ4v) is 6.60. The molecule has 1 aromatic rings. The molecule has 43 heavy (non-hydrogen) atoms. The highest BCUT2D eigenvalue weighted by molar-refractivity contribution is 7.70. The maximum Gasteiger partial charge on any atom is 0.414 e. The second-order valence-corrected chi connectivity index (χ2v) is 14.1. The Morgan fingerprint density at radius 2 is 1.56 bits per heavy atom. The quantitative estimate of drug-likeness (QED) is 0.0654. The van der Waals surface area contributed by atoms with Crippen LogP contribution < -0.4 is 5.32 Å². The van der Waals surface area contributed by atoms with Crippen molar-refractivity contribution in [3.8, 4) is 0 Å². The number of carbonyl (C=O) groups excluding carboxylic acids is 2. The van der Waals surface area contributed by atoms with Gasteiger partial charge in [0, 0.05) is 29.2 Å². The van der Waals surface area contributed by atoms with Crippen molar-refractivity contribution < 1.29 is 43.0 Å². The van der Waals surface area contributed by atoms with Crippen molar-refractivity contribution in [1.82, 2.24) is 15.1 Å². The predicted molar refractivity (Wildman–Crippen MR) is 168 cm³/mol. The number of hydrogen-bond acceptors (Lipinski definition) is 7. The van der Waals surface area contributed by atoms with E-state index in [-0.39, 0.29) is 13.0 Å². The molecule has 0 aromatic heterocycles. The van der Waals surface area contributed by atoms with Crippen LogP contribution in [0.3, 0.4) is 0 Å². The summed E-state index contributed by atoms with van der Waals surface area (Å²) < 4.78 is 28.1. The summed E-state index contributed by atoms with van der Waals surface area (Å²) in [6, 6.07) is 5.08. The van der Waals surface area contributed by atoms with Crippen LogP contribution in [0.2, 0.25) is 5.02 Å². The summed E-state index contributed by atoms with van der Waals surface area (Å²) in [5.74, 6) is -0.863. The SMILES string of the molecule is C=Nc1cc(Cl)ccc1C(=C)N(CCCCN(CC)CC)C(=O)OCCCCCCCC(=O)NC(P(=O)(O)O)P(=O)(O)O. The second kappa shape index (κ2) is 19.3. The van der Waals surface area contributed by atoms with Crippen LogP contribution >= 0.6 is 26.8 Å². The number of aliphatic imine (C=N–C) groups is 1. The van der Waals surface area contributed by atoms with Crippen molar-refractivity contribution in [3.05, 3.63) is 35.4 Å². The highest BCUT2D eigenvalue weighted by Gasteiger charge is 2.44. The first-order valence-corrected chi connectivity index (χ1v) is 17.9. The van der Waals surface area contributed by atoms with Crippen LogP contribution in [-0.4, -0.2) is 86.4 Å². The Morgan fingerprint density at radius 3 is 2.14 bits per heavy atom. The zero-order chi connectivity index (χ0) is 32.6. The second-order valence-electron chi connectivity index (χ2n) is 9.90. The molecule has 0 radical (unpaired) electrons. The number of amides is 2. The van der Waals surface area contributed by atoms with E-state index in [1.807, 2.05) is 0 Å². The number of rotatable bonds is 21. The molecule has 0 spiro atoms. The summed E-state index contributed by atoms with van der Waals surface area (Å²) in [6.45, 7) is 15.3. The van der Waals surface area contributed by atoms with Gasteiger partial charge in [-0.25, -0.2) is 4.79 Å². The lowest BCUT2D eigenvalue weighted by Gasteiger charge is -2.26. The van der Waals surface area contributed by atoms with Gasteiger partial charge in [0.2, 0.25) is 11.4 Å². The Kier molecular flexibility index (Phi) is 17.5. The topological polar surface area (TPSA) is 189 Å². The Labute approximate surface area is 258 Å². The number of benzene rings is 1. The molecule has 1 aromatic carbocycles. The van der Waals surface area contributed by atoms with Crippen LogP contribution in [0.5, 0.6) is 0 Å². The highest BCUT2D eigenvalue weighted by atomic mass is 35.5. The zero-order valence-corrected chi connectivity index (χ0v) is 27.4. The van der Waals surface area contributed by atoms with Crippen LogP contribution in [0.1, 0.15) is 70.8 Å². The molecular weight excluding hydrogens is 622 g/mol. The van der Waals surface area contributed by atoms with Gasteiger partial charge in [-0.3, -0.25) is 23.8 Å².